The van der Waals surface area contributed by atoms with E-state index in [1.165, 1.54) is 7.11 Å². The van der Waals surface area contributed by atoms with Crippen LogP contribution in [0.25, 0.3) is 11.3 Å². The number of rotatable bonds is 6. The van der Waals surface area contributed by atoms with Crippen LogP contribution >= 0.6 is 0 Å². The van der Waals surface area contributed by atoms with E-state index >= 15 is 0 Å². The fourth-order valence-electron chi connectivity index (χ4n) is 3.10. The number of nitrogens with zero attached hydrogens (tertiary/aromatic N) is 1. The molecular formula is C24H28N4O4. The summed E-state index contributed by atoms with van der Waals surface area (Å²) in [6.07, 6.45) is 1.21. The van der Waals surface area contributed by atoms with Gasteiger partial charge in [0.25, 0.3) is 0 Å². The Morgan fingerprint density at radius 2 is 1.72 bits per heavy atom. The van der Waals surface area contributed by atoms with E-state index in [2.05, 4.69) is 25.3 Å². The zero-order valence-electron chi connectivity index (χ0n) is 18.6. The van der Waals surface area contributed by atoms with E-state index < -0.39 is 17.8 Å². The molecule has 32 heavy (non-hydrogen) atoms. The van der Waals surface area contributed by atoms with Crippen LogP contribution in [0.2, 0.25) is 0 Å². The quantitative estimate of drug-likeness (QED) is 0.501. The maximum Gasteiger partial charge on any atom is 0.411 e. The minimum Gasteiger partial charge on any atom is -0.453 e. The molecule has 2 amide bonds. The zero-order chi connectivity index (χ0) is 23.1. The van der Waals surface area contributed by atoms with E-state index in [9.17, 15) is 9.59 Å². The van der Waals surface area contributed by atoms with Crippen LogP contribution in [-0.4, -0.2) is 34.9 Å². The number of aromatic amines is 1. The van der Waals surface area contributed by atoms with E-state index in [4.69, 9.17) is 4.74 Å². The molecule has 168 valence electrons. The van der Waals surface area contributed by atoms with Crippen LogP contribution in [0.4, 0.5) is 15.3 Å². The van der Waals surface area contributed by atoms with Crippen LogP contribution in [0, 0.1) is 0 Å². The molecule has 2 aromatic carbocycles. The third-order valence-corrected chi connectivity index (χ3v) is 4.55. The van der Waals surface area contributed by atoms with Crippen LogP contribution < -0.4 is 10.6 Å². The van der Waals surface area contributed by atoms with Crippen molar-refractivity contribution < 1.29 is 19.1 Å². The van der Waals surface area contributed by atoms with Crippen molar-refractivity contribution in [1.29, 1.82) is 0 Å². The van der Waals surface area contributed by atoms with Gasteiger partial charge in [-0.2, -0.15) is 0 Å². The van der Waals surface area contributed by atoms with Gasteiger partial charge in [0, 0.05) is 12.1 Å². The van der Waals surface area contributed by atoms with Gasteiger partial charge in [0.1, 0.15) is 11.4 Å². The molecule has 1 aromatic heterocycles. The number of carbonyl (C=O) groups is 2. The second-order valence-corrected chi connectivity index (χ2v) is 8.25. The number of ether oxygens (including phenoxy) is 2. The molecule has 3 aromatic rings. The molecule has 0 aliphatic heterocycles. The lowest BCUT2D eigenvalue weighted by molar-refractivity contribution is 0.0503. The number of hydrogen-bond donors (Lipinski definition) is 3. The first-order valence-corrected chi connectivity index (χ1v) is 10.3. The first-order chi connectivity index (χ1) is 15.2. The first kappa shape index (κ1) is 22.9. The number of benzene rings is 2. The number of H-pyrrole nitrogens is 1. The van der Waals surface area contributed by atoms with Gasteiger partial charge in [0.05, 0.1) is 25.0 Å². The van der Waals surface area contributed by atoms with Gasteiger partial charge in [0.2, 0.25) is 0 Å². The molecule has 0 radical (unpaired) electrons. The third-order valence-electron chi connectivity index (χ3n) is 4.55. The third kappa shape index (κ3) is 6.60. The van der Waals surface area contributed by atoms with Crippen LogP contribution in [0.1, 0.15) is 38.2 Å². The van der Waals surface area contributed by atoms with Gasteiger partial charge in [-0.1, -0.05) is 42.5 Å². The maximum atomic E-state index is 12.4. The lowest BCUT2D eigenvalue weighted by Gasteiger charge is -2.23. The van der Waals surface area contributed by atoms with E-state index in [-0.39, 0.29) is 6.04 Å². The van der Waals surface area contributed by atoms with Gasteiger partial charge in [-0.3, -0.25) is 5.32 Å². The smallest absolute Gasteiger partial charge is 0.411 e. The van der Waals surface area contributed by atoms with E-state index in [1.54, 1.807) is 18.3 Å². The normalized spacial score (nSPS) is 12.0. The molecule has 0 saturated heterocycles. The lowest BCUT2D eigenvalue weighted by Crippen LogP contribution is -2.35. The molecule has 0 saturated carbocycles. The van der Waals surface area contributed by atoms with Crippen molar-refractivity contribution in [3.8, 4) is 11.3 Å². The molecule has 8 heteroatoms. The Kier molecular flexibility index (Phi) is 7.14. The number of alkyl carbamates (subject to hydrolysis) is 1. The molecule has 1 heterocycles. The number of carbonyl (C=O) groups excluding carboxylic acids is 2. The summed E-state index contributed by atoms with van der Waals surface area (Å²) >= 11 is 0. The summed E-state index contributed by atoms with van der Waals surface area (Å²) in [6, 6.07) is 16.7. The molecular weight excluding hydrogens is 408 g/mol. The number of methoxy groups -OCH3 is 1. The highest BCUT2D eigenvalue weighted by molar-refractivity contribution is 5.84. The number of nitrogens with one attached hydrogen (secondary N) is 3. The number of hydrogen-bond acceptors (Lipinski definition) is 5. The minimum atomic E-state index is -0.585. The monoisotopic (exact) mass is 436 g/mol. The second-order valence-electron chi connectivity index (χ2n) is 8.25. The Hall–Kier alpha value is -3.81. The molecule has 3 N–H and O–H groups in total. The largest absolute Gasteiger partial charge is 0.453 e. The highest BCUT2D eigenvalue weighted by Gasteiger charge is 2.22. The molecule has 0 aliphatic carbocycles. The Morgan fingerprint density at radius 3 is 2.34 bits per heavy atom. The predicted octanol–water partition coefficient (Wildman–Crippen LogP) is 5.06. The van der Waals surface area contributed by atoms with Crippen molar-refractivity contribution in [2.75, 3.05) is 12.4 Å². The predicted molar refractivity (Wildman–Crippen MR) is 122 cm³/mol. The van der Waals surface area contributed by atoms with E-state index in [1.807, 2.05) is 63.2 Å². The minimum absolute atomic E-state index is 0.309. The van der Waals surface area contributed by atoms with E-state index in [0.717, 1.165) is 22.6 Å². The van der Waals surface area contributed by atoms with Crippen molar-refractivity contribution in [2.24, 2.45) is 0 Å². The molecule has 3 rings (SSSR count). The Balaban J connectivity index is 1.73. The Morgan fingerprint density at radius 1 is 1.03 bits per heavy atom. The molecule has 1 atom stereocenters. The summed E-state index contributed by atoms with van der Waals surface area (Å²) < 4.78 is 10.0. The van der Waals surface area contributed by atoms with Crippen molar-refractivity contribution in [3.05, 3.63) is 72.2 Å². The fraction of sp³-hybridized carbons (Fsp3) is 0.292. The van der Waals surface area contributed by atoms with E-state index in [0.29, 0.717) is 12.1 Å². The summed E-state index contributed by atoms with van der Waals surface area (Å²) in [7, 11) is 1.32. The number of aromatic nitrogens is 2. The summed E-state index contributed by atoms with van der Waals surface area (Å²) in [4.78, 5) is 31.5. The standard InChI is InChI=1S/C24H28N4O4/c1-24(2,3)32-23(30)28-19(16-8-6-5-7-9-16)14-21-25-15-20(27-21)17-10-12-18(13-11-17)26-22(29)31-4/h5-13,15,19H,14H2,1-4H3,(H,25,27)(H,26,29)(H,28,30). The second kappa shape index (κ2) is 10.00. The summed E-state index contributed by atoms with van der Waals surface area (Å²) in [5, 5.41) is 5.56. The van der Waals surface area contributed by atoms with Crippen molar-refractivity contribution in [3.63, 3.8) is 0 Å². The van der Waals surface area contributed by atoms with Crippen molar-refractivity contribution >= 4 is 17.9 Å². The van der Waals surface area contributed by atoms with Gasteiger partial charge in [-0.25, -0.2) is 14.6 Å². The molecule has 0 bridgehead atoms. The van der Waals surface area contributed by atoms with Crippen LogP contribution in [-0.2, 0) is 15.9 Å². The maximum absolute atomic E-state index is 12.4. The lowest BCUT2D eigenvalue weighted by atomic mass is 10.0. The zero-order valence-corrected chi connectivity index (χ0v) is 18.6. The number of imidazole rings is 1. The summed E-state index contributed by atoms with van der Waals surface area (Å²) in [6.45, 7) is 5.48. The molecule has 1 unspecified atom stereocenters. The molecule has 8 nitrogen and oxygen atoms in total. The fourth-order valence-corrected chi connectivity index (χ4v) is 3.10. The highest BCUT2D eigenvalue weighted by Crippen LogP contribution is 2.23. The summed E-state index contributed by atoms with van der Waals surface area (Å²) in [5.41, 5.74) is 2.74. The van der Waals surface area contributed by atoms with Crippen molar-refractivity contribution in [1.82, 2.24) is 15.3 Å². The SMILES string of the molecule is COC(=O)Nc1ccc(-c2cnc(CC(NC(=O)OC(C)(C)C)c3ccccc3)[nH]2)cc1. The van der Waals surface area contributed by atoms with Gasteiger partial charge in [-0.15, -0.1) is 0 Å². The average molecular weight is 437 g/mol. The van der Waals surface area contributed by atoms with Gasteiger partial charge < -0.3 is 19.8 Å². The van der Waals surface area contributed by atoms with Gasteiger partial charge >= 0.3 is 12.2 Å². The topological polar surface area (TPSA) is 105 Å². The highest BCUT2D eigenvalue weighted by atomic mass is 16.6. The van der Waals surface area contributed by atoms with Crippen LogP contribution in [0.5, 0.6) is 0 Å². The Labute approximate surface area is 187 Å². The first-order valence-electron chi connectivity index (χ1n) is 10.3. The number of amides is 2. The molecule has 0 spiro atoms. The molecule has 0 aliphatic rings. The summed E-state index contributed by atoms with van der Waals surface area (Å²) in [5.74, 6) is 0.724. The van der Waals surface area contributed by atoms with Gasteiger partial charge in [0.15, 0.2) is 0 Å². The van der Waals surface area contributed by atoms with Crippen LogP contribution in [0.15, 0.2) is 60.8 Å². The average Bonchev–Trinajstić information content (AvgIpc) is 3.21. The van der Waals surface area contributed by atoms with Crippen molar-refractivity contribution in [2.45, 2.75) is 38.8 Å². The van der Waals surface area contributed by atoms with Gasteiger partial charge in [-0.05, 0) is 44.0 Å². The van der Waals surface area contributed by atoms with Crippen LogP contribution in [0.3, 0.4) is 0 Å². The number of anilines is 1. The molecule has 0 fully saturated rings. The Bertz CT molecular complexity index is 1040.